The molecule has 3 heterocycles. The van der Waals surface area contributed by atoms with Crippen LogP contribution in [0.1, 0.15) is 40.0 Å². The van der Waals surface area contributed by atoms with Crippen molar-refractivity contribution in [1.82, 2.24) is 8.97 Å². The molecule has 3 aromatic carbocycles. The zero-order chi connectivity index (χ0) is 25.5. The van der Waals surface area contributed by atoms with E-state index in [1.165, 1.54) is 11.1 Å². The van der Waals surface area contributed by atoms with E-state index in [2.05, 4.69) is 63.8 Å². The molecule has 0 saturated carbocycles. The second kappa shape index (κ2) is 9.32. The van der Waals surface area contributed by atoms with Crippen molar-refractivity contribution in [3.05, 3.63) is 101 Å². The number of ether oxygens (including phenoxy) is 1. The fourth-order valence-corrected chi connectivity index (χ4v) is 5.55. The van der Waals surface area contributed by atoms with E-state index in [0.29, 0.717) is 5.69 Å². The molecule has 1 aliphatic rings. The lowest BCUT2D eigenvalue weighted by atomic mass is 9.97. The lowest BCUT2D eigenvalue weighted by Crippen LogP contribution is -2.15. The molecular formula is C32H31N3O2. The number of carbonyl (C=O) groups excluding carboxylic acids is 1. The second-order valence-electron chi connectivity index (χ2n) is 9.94. The zero-order valence-electron chi connectivity index (χ0n) is 21.5. The molecule has 0 unspecified atom stereocenters. The zero-order valence-corrected chi connectivity index (χ0v) is 21.5. The maximum atomic E-state index is 14.0. The molecule has 0 aliphatic carbocycles. The molecule has 37 heavy (non-hydrogen) atoms. The Kier molecular flexibility index (Phi) is 5.84. The maximum absolute atomic E-state index is 14.0. The number of hydrogen-bond donors (Lipinski definition) is 1. The predicted molar refractivity (Wildman–Crippen MR) is 150 cm³/mol. The molecule has 0 saturated heterocycles. The maximum Gasteiger partial charge on any atom is 0.273 e. The molecule has 5 heteroatoms. The number of aromatic nitrogens is 2. The Bertz CT molecular complexity index is 1610. The summed E-state index contributed by atoms with van der Waals surface area (Å²) in [5, 5.41) is 3.18. The van der Waals surface area contributed by atoms with Crippen LogP contribution in [0.15, 0.2) is 79.0 Å². The minimum Gasteiger partial charge on any atom is -0.497 e. The highest BCUT2D eigenvalue weighted by atomic mass is 16.5. The van der Waals surface area contributed by atoms with Gasteiger partial charge >= 0.3 is 0 Å². The summed E-state index contributed by atoms with van der Waals surface area (Å²) in [6, 6.07) is 24.7. The van der Waals surface area contributed by atoms with Crippen LogP contribution in [-0.2, 0) is 13.0 Å². The van der Waals surface area contributed by atoms with Crippen LogP contribution >= 0.6 is 0 Å². The first-order valence-corrected chi connectivity index (χ1v) is 12.9. The first-order valence-electron chi connectivity index (χ1n) is 12.9. The van der Waals surface area contributed by atoms with Crippen LogP contribution in [0, 0.1) is 13.8 Å². The summed E-state index contributed by atoms with van der Waals surface area (Å²) < 4.78 is 9.94. The van der Waals surface area contributed by atoms with Crippen molar-refractivity contribution in [1.29, 1.82) is 0 Å². The molecule has 0 radical (unpaired) electrons. The number of anilines is 1. The summed E-state index contributed by atoms with van der Waals surface area (Å²) >= 11 is 0. The largest absolute Gasteiger partial charge is 0.497 e. The number of benzene rings is 3. The average Bonchev–Trinajstić information content (AvgIpc) is 3.32. The topological polar surface area (TPSA) is 47.7 Å². The number of rotatable bonds is 5. The van der Waals surface area contributed by atoms with Crippen LogP contribution in [0.5, 0.6) is 5.75 Å². The van der Waals surface area contributed by atoms with E-state index >= 15 is 0 Å². The van der Waals surface area contributed by atoms with Crippen LogP contribution in [0.3, 0.4) is 0 Å². The third-order valence-corrected chi connectivity index (χ3v) is 7.35. The fraction of sp³-hybridized carbons (Fsp3) is 0.219. The van der Waals surface area contributed by atoms with Gasteiger partial charge in [-0.25, -0.2) is 0 Å². The Morgan fingerprint density at radius 1 is 0.892 bits per heavy atom. The molecule has 1 N–H and O–H groups in total. The summed E-state index contributed by atoms with van der Waals surface area (Å²) in [6.07, 6.45) is 5.26. The van der Waals surface area contributed by atoms with Gasteiger partial charge in [0.2, 0.25) is 0 Å². The summed E-state index contributed by atoms with van der Waals surface area (Å²) in [6.45, 7) is 5.07. The van der Waals surface area contributed by atoms with Gasteiger partial charge in [0.15, 0.2) is 0 Å². The van der Waals surface area contributed by atoms with E-state index in [0.717, 1.165) is 70.8 Å². The van der Waals surface area contributed by atoms with E-state index in [1.54, 1.807) is 7.11 Å². The van der Waals surface area contributed by atoms with Gasteiger partial charge in [-0.1, -0.05) is 54.1 Å². The number of imidazole rings is 1. The van der Waals surface area contributed by atoms with Crippen molar-refractivity contribution in [2.75, 3.05) is 12.4 Å². The van der Waals surface area contributed by atoms with Crippen molar-refractivity contribution < 1.29 is 9.53 Å². The summed E-state index contributed by atoms with van der Waals surface area (Å²) in [7, 11) is 1.67. The minimum absolute atomic E-state index is 0.106. The van der Waals surface area contributed by atoms with Crippen LogP contribution in [-0.4, -0.2) is 22.0 Å². The van der Waals surface area contributed by atoms with Crippen molar-refractivity contribution in [2.45, 2.75) is 39.7 Å². The first kappa shape index (κ1) is 23.2. The molecule has 186 valence electrons. The van der Waals surface area contributed by atoms with Crippen LogP contribution in [0.4, 0.5) is 5.69 Å². The third-order valence-electron chi connectivity index (χ3n) is 7.35. The molecule has 6 rings (SSSR count). The van der Waals surface area contributed by atoms with Crippen molar-refractivity contribution in [2.24, 2.45) is 0 Å². The average molecular weight is 490 g/mol. The number of methoxy groups -OCH3 is 1. The van der Waals surface area contributed by atoms with Gasteiger partial charge in [0.25, 0.3) is 5.91 Å². The molecule has 1 amide bonds. The second-order valence-corrected chi connectivity index (χ2v) is 9.94. The smallest absolute Gasteiger partial charge is 0.273 e. The number of amides is 1. The Hall–Kier alpha value is -4.25. The predicted octanol–water partition coefficient (Wildman–Crippen LogP) is 7.29. The lowest BCUT2D eigenvalue weighted by Gasteiger charge is -2.11. The summed E-state index contributed by atoms with van der Waals surface area (Å²) in [5.74, 6) is 0.696. The molecule has 5 aromatic rings. The minimum atomic E-state index is -0.106. The number of hydrogen-bond acceptors (Lipinski definition) is 2. The molecular weight excluding hydrogens is 458 g/mol. The van der Waals surface area contributed by atoms with Crippen molar-refractivity contribution >= 4 is 17.2 Å². The molecule has 5 nitrogen and oxygen atoms in total. The van der Waals surface area contributed by atoms with E-state index < -0.39 is 0 Å². The Morgan fingerprint density at radius 2 is 1.65 bits per heavy atom. The van der Waals surface area contributed by atoms with Gasteiger partial charge in [-0.05, 0) is 74.1 Å². The van der Waals surface area contributed by atoms with Gasteiger partial charge in [0, 0.05) is 29.6 Å². The van der Waals surface area contributed by atoms with Gasteiger partial charge in [-0.15, -0.1) is 0 Å². The quantitative estimate of drug-likeness (QED) is 0.282. The molecule has 0 fully saturated rings. The highest BCUT2D eigenvalue weighted by Gasteiger charge is 2.29. The summed E-state index contributed by atoms with van der Waals surface area (Å²) in [5.41, 5.74) is 10.5. The molecule has 0 bridgehead atoms. The highest BCUT2D eigenvalue weighted by molar-refractivity contribution is 6.10. The highest BCUT2D eigenvalue weighted by Crippen LogP contribution is 2.40. The molecule has 0 atom stereocenters. The Labute approximate surface area is 217 Å². The number of aryl methyl sites for hydroxylation is 4. The molecule has 2 aromatic heterocycles. The Morgan fingerprint density at radius 3 is 2.38 bits per heavy atom. The van der Waals surface area contributed by atoms with Gasteiger partial charge < -0.3 is 14.6 Å². The van der Waals surface area contributed by atoms with E-state index in [4.69, 9.17) is 4.74 Å². The van der Waals surface area contributed by atoms with Gasteiger partial charge in [-0.3, -0.25) is 9.20 Å². The van der Waals surface area contributed by atoms with Gasteiger partial charge in [0.05, 0.1) is 12.8 Å². The van der Waals surface area contributed by atoms with E-state index in [-0.39, 0.29) is 5.91 Å². The van der Waals surface area contributed by atoms with Crippen LogP contribution in [0.25, 0.3) is 28.0 Å². The standard InChI is InChI=1S/C32H31N3O2/c1-21-10-12-23(13-11-21)28-20-35-30(31(36)33-25-8-6-7-22(2)19-25)29(24-14-16-26(37-3)17-15-24)27-9-4-5-18-34(28)32(27)35/h6-8,10-17,19-20H,4-5,9,18H2,1-3H3,(H,33,36). The monoisotopic (exact) mass is 489 g/mol. The lowest BCUT2D eigenvalue weighted by molar-refractivity contribution is 0.102. The van der Waals surface area contributed by atoms with E-state index in [9.17, 15) is 4.79 Å². The van der Waals surface area contributed by atoms with Gasteiger partial charge in [-0.2, -0.15) is 0 Å². The van der Waals surface area contributed by atoms with Gasteiger partial charge in [0.1, 0.15) is 17.1 Å². The molecule has 1 aliphatic heterocycles. The van der Waals surface area contributed by atoms with E-state index in [1.807, 2.05) is 43.3 Å². The SMILES string of the molecule is COc1ccc(-c2c3c4n(c(-c5ccc(C)cc5)cn4c2C(=O)Nc2cccc(C)c2)CCCC3)cc1. The first-order chi connectivity index (χ1) is 18.0. The molecule has 0 spiro atoms. The number of nitrogens with one attached hydrogen (secondary N) is 1. The number of carbonyl (C=O) groups is 1. The summed E-state index contributed by atoms with van der Waals surface area (Å²) in [4.78, 5) is 14.0. The normalized spacial score (nSPS) is 12.9. The number of nitrogens with zero attached hydrogens (tertiary/aromatic N) is 2. The third kappa shape index (κ3) is 4.10. The fourth-order valence-electron chi connectivity index (χ4n) is 5.55. The van der Waals surface area contributed by atoms with Crippen molar-refractivity contribution in [3.63, 3.8) is 0 Å². The Balaban J connectivity index is 1.60. The van der Waals surface area contributed by atoms with Crippen LogP contribution < -0.4 is 10.1 Å². The van der Waals surface area contributed by atoms with Crippen LogP contribution in [0.2, 0.25) is 0 Å². The van der Waals surface area contributed by atoms with Crippen molar-refractivity contribution in [3.8, 4) is 28.1 Å².